The van der Waals surface area contributed by atoms with Gasteiger partial charge in [0.15, 0.2) is 11.6 Å². The Morgan fingerprint density at radius 2 is 1.20 bits per heavy atom. The van der Waals surface area contributed by atoms with Crippen molar-refractivity contribution in [2.24, 2.45) is 11.8 Å². The summed E-state index contributed by atoms with van der Waals surface area (Å²) >= 11 is 0. The molecule has 0 aliphatic carbocycles. The van der Waals surface area contributed by atoms with Crippen LogP contribution in [0.4, 0.5) is 20.4 Å². The normalized spacial score (nSPS) is 24.2. The summed E-state index contributed by atoms with van der Waals surface area (Å²) in [6.45, 7) is 2.06. The number of nitrogens with one attached hydrogen (secondary N) is 2. The van der Waals surface area contributed by atoms with Crippen molar-refractivity contribution in [1.82, 2.24) is 29.2 Å². The molecule has 5 N–H and O–H groups in total. The monoisotopic (exact) mass is 770 g/mol. The smallest absolute Gasteiger partial charge is 0.256 e. The number of aromatic nitrogens is 6. The summed E-state index contributed by atoms with van der Waals surface area (Å²) in [5.41, 5.74) is 1.53. The van der Waals surface area contributed by atoms with Gasteiger partial charge in [-0.25, -0.2) is 27.8 Å². The van der Waals surface area contributed by atoms with Crippen LogP contribution in [0.15, 0.2) is 97.6 Å². The molecule has 17 heteroatoms. The van der Waals surface area contributed by atoms with Crippen molar-refractivity contribution < 1.29 is 43.2 Å². The lowest BCUT2D eigenvalue weighted by molar-refractivity contribution is -0.118. The van der Waals surface area contributed by atoms with Crippen molar-refractivity contribution in [1.29, 1.82) is 0 Å². The summed E-state index contributed by atoms with van der Waals surface area (Å²) in [5, 5.41) is 42.5. The first-order chi connectivity index (χ1) is 27.1. The lowest BCUT2D eigenvalue weighted by Crippen LogP contribution is -2.43. The lowest BCUT2D eigenvalue weighted by Gasteiger charge is -2.28. The minimum atomic E-state index is -1.45. The zero-order valence-corrected chi connectivity index (χ0v) is 30.3. The molecule has 2 aliphatic rings. The van der Waals surface area contributed by atoms with Crippen molar-refractivity contribution in [2.45, 2.75) is 50.1 Å². The highest BCUT2D eigenvalue weighted by Crippen LogP contribution is 2.46. The first-order valence-corrected chi connectivity index (χ1v) is 17.9. The van der Waals surface area contributed by atoms with Gasteiger partial charge in [0.2, 0.25) is 0 Å². The molecule has 0 saturated carbocycles. The fourth-order valence-corrected chi connectivity index (χ4v) is 6.99. The van der Waals surface area contributed by atoms with Crippen LogP contribution in [-0.4, -0.2) is 100 Å². The molecule has 6 aromatic rings. The van der Waals surface area contributed by atoms with Gasteiger partial charge >= 0.3 is 0 Å². The molecule has 0 radical (unpaired) electrons. The quantitative estimate of drug-likeness (QED) is 0.142. The maximum atomic E-state index is 15.0. The van der Waals surface area contributed by atoms with E-state index in [0.717, 1.165) is 0 Å². The van der Waals surface area contributed by atoms with Gasteiger partial charge in [-0.3, -0.25) is 9.59 Å². The molecule has 15 nitrogen and oxygen atoms in total. The molecule has 2 fully saturated rings. The number of carbonyl (C=O) groups is 2. The van der Waals surface area contributed by atoms with E-state index >= 15 is 0 Å². The number of carbonyl (C=O) groups excluding carboxylic acids is 2. The van der Waals surface area contributed by atoms with Crippen LogP contribution < -0.4 is 10.6 Å². The van der Waals surface area contributed by atoms with Gasteiger partial charge < -0.3 is 35.4 Å². The van der Waals surface area contributed by atoms with E-state index in [9.17, 15) is 33.7 Å². The molecule has 0 bridgehead atoms. The molecule has 0 spiro atoms. The Hall–Kier alpha value is -5.72. The van der Waals surface area contributed by atoms with E-state index in [1.807, 2.05) is 12.1 Å². The summed E-state index contributed by atoms with van der Waals surface area (Å²) in [7, 11) is 0. The fraction of sp³-hybridized carbons (Fsp3) is 0.333. The lowest BCUT2D eigenvalue weighted by atomic mass is 9.88. The summed E-state index contributed by atoms with van der Waals surface area (Å²) < 4.78 is 44.1. The number of aliphatic hydroxyl groups excluding tert-OH is 3. The minimum Gasteiger partial charge on any atom is -0.394 e. The molecule has 7 atom stereocenters. The van der Waals surface area contributed by atoms with Gasteiger partial charge in [-0.2, -0.15) is 10.2 Å². The van der Waals surface area contributed by atoms with E-state index in [1.54, 1.807) is 86.6 Å². The SMILES string of the molecule is C[C@H]1[C@@H](F)[C@H](c2ccc3c(NC(=O)c4ccccc4)ncnn23)OC1(CO)CO.C[C@H]1[C@@H](F)[C@H](c2ccc3c(NC(=O)c4ccccc4)ncnn23)O[C@@H]1CO. The molecule has 2 saturated heterocycles. The summed E-state index contributed by atoms with van der Waals surface area (Å²) in [4.78, 5) is 33.1. The van der Waals surface area contributed by atoms with Gasteiger partial charge in [-0.05, 0) is 48.5 Å². The highest BCUT2D eigenvalue weighted by molar-refractivity contribution is 6.06. The average molecular weight is 771 g/mol. The first kappa shape index (κ1) is 38.6. The molecule has 292 valence electrons. The maximum Gasteiger partial charge on any atom is 0.256 e. The van der Waals surface area contributed by atoms with Crippen LogP contribution in [0.3, 0.4) is 0 Å². The maximum absolute atomic E-state index is 15.0. The zero-order chi connectivity index (χ0) is 39.6. The second-order valence-electron chi connectivity index (χ2n) is 13.7. The number of hydrogen-bond donors (Lipinski definition) is 5. The number of halogens is 2. The molecular formula is C39H40F2N8O7. The second-order valence-corrected chi connectivity index (χ2v) is 13.7. The Balaban J connectivity index is 0.000000172. The Kier molecular flexibility index (Phi) is 11.1. The third-order valence-corrected chi connectivity index (χ3v) is 10.5. The second kappa shape index (κ2) is 16.2. The number of benzene rings is 2. The average Bonchev–Trinajstić information content (AvgIpc) is 3.99. The van der Waals surface area contributed by atoms with E-state index in [1.165, 1.54) is 21.7 Å². The van der Waals surface area contributed by atoms with E-state index in [-0.39, 0.29) is 24.2 Å². The van der Waals surface area contributed by atoms with Crippen LogP contribution in [0.2, 0.25) is 0 Å². The van der Waals surface area contributed by atoms with Gasteiger partial charge in [-0.1, -0.05) is 50.2 Å². The predicted molar refractivity (Wildman–Crippen MR) is 198 cm³/mol. The highest BCUT2D eigenvalue weighted by Gasteiger charge is 2.54. The van der Waals surface area contributed by atoms with Crippen molar-refractivity contribution in [3.63, 3.8) is 0 Å². The minimum absolute atomic E-state index is 0.241. The Labute approximate surface area is 318 Å². The van der Waals surface area contributed by atoms with Crippen LogP contribution in [-0.2, 0) is 9.47 Å². The van der Waals surface area contributed by atoms with Crippen molar-refractivity contribution >= 4 is 34.5 Å². The standard InChI is InChI=1S/C20H21FN4O4.C19H19FN4O3/c1-12-16(21)17(29-20(12,9-26)10-27)14-7-8-15-18(22-11-23-25(14)15)24-19(28)13-5-3-2-4-6-13;1-11-15(9-25)27-17(16(11)20)13-7-8-14-18(21-10-22-24(13)14)23-19(26)12-5-3-2-4-6-12/h2-8,11-12,16-17,26-27H,9-10H2,1H3,(H,22,23,24,28);2-8,10-11,15-17,25H,9H2,1H3,(H,21,22,23,26)/t12-,16+,17-;11-,15-,16-,17+/m01/s1. The number of hydrogen-bond acceptors (Lipinski definition) is 11. The van der Waals surface area contributed by atoms with Gasteiger partial charge in [0, 0.05) is 23.0 Å². The number of nitrogens with zero attached hydrogens (tertiary/aromatic N) is 6. The molecule has 2 amide bonds. The zero-order valence-electron chi connectivity index (χ0n) is 30.3. The number of fused-ring (bicyclic) bond motifs is 2. The Bertz CT molecular complexity index is 2310. The summed E-state index contributed by atoms with van der Waals surface area (Å²) in [6.07, 6.45) is -2.59. The van der Waals surface area contributed by atoms with Crippen molar-refractivity contribution in [3.8, 4) is 0 Å². The van der Waals surface area contributed by atoms with E-state index in [2.05, 4.69) is 30.8 Å². The molecule has 4 aromatic heterocycles. The van der Waals surface area contributed by atoms with Gasteiger partial charge in [-0.15, -0.1) is 0 Å². The third kappa shape index (κ3) is 7.10. The van der Waals surface area contributed by atoms with E-state index in [4.69, 9.17) is 9.47 Å². The van der Waals surface area contributed by atoms with Crippen molar-refractivity contribution in [3.05, 3.63) is 120 Å². The Morgan fingerprint density at radius 1 is 0.714 bits per heavy atom. The molecule has 2 aromatic carbocycles. The molecule has 6 heterocycles. The third-order valence-electron chi connectivity index (χ3n) is 10.5. The van der Waals surface area contributed by atoms with E-state index in [0.29, 0.717) is 39.4 Å². The van der Waals surface area contributed by atoms with Gasteiger partial charge in [0.1, 0.15) is 53.8 Å². The number of aliphatic hydroxyl groups is 3. The summed E-state index contributed by atoms with van der Waals surface area (Å²) in [6, 6.07) is 24.2. The molecule has 56 heavy (non-hydrogen) atoms. The van der Waals surface area contributed by atoms with Gasteiger partial charge in [0.05, 0.1) is 37.3 Å². The molecule has 2 aliphatic heterocycles. The predicted octanol–water partition coefficient (Wildman–Crippen LogP) is 4.14. The van der Waals surface area contributed by atoms with Gasteiger partial charge in [0.25, 0.3) is 11.8 Å². The number of ether oxygens (including phenoxy) is 2. The fourth-order valence-electron chi connectivity index (χ4n) is 6.99. The number of anilines is 2. The molecule has 8 rings (SSSR count). The summed E-state index contributed by atoms with van der Waals surface area (Å²) in [5.74, 6) is -1.17. The first-order valence-electron chi connectivity index (χ1n) is 17.9. The number of alkyl halides is 2. The number of amides is 2. The molecular weight excluding hydrogens is 730 g/mol. The van der Waals surface area contributed by atoms with Crippen LogP contribution in [0.25, 0.3) is 11.0 Å². The van der Waals surface area contributed by atoms with E-state index < -0.39 is 61.3 Å². The van der Waals surface area contributed by atoms with Crippen molar-refractivity contribution in [2.75, 3.05) is 30.5 Å². The van der Waals surface area contributed by atoms with Crippen LogP contribution in [0, 0.1) is 11.8 Å². The number of rotatable bonds is 9. The highest BCUT2D eigenvalue weighted by atomic mass is 19.1. The largest absolute Gasteiger partial charge is 0.394 e. The molecule has 0 unspecified atom stereocenters. The van der Waals surface area contributed by atoms with Crippen LogP contribution in [0.1, 0.15) is 58.2 Å². The van der Waals surface area contributed by atoms with Crippen LogP contribution in [0.5, 0.6) is 0 Å². The van der Waals surface area contributed by atoms with Crippen LogP contribution >= 0.6 is 0 Å². The topological polar surface area (TPSA) is 198 Å². The Morgan fingerprint density at radius 3 is 1.62 bits per heavy atom.